The van der Waals surface area contributed by atoms with Crippen molar-refractivity contribution < 1.29 is 14.6 Å². The lowest BCUT2D eigenvalue weighted by atomic mass is 10.1. The monoisotopic (exact) mass is 314 g/mol. The van der Waals surface area contributed by atoms with Crippen LogP contribution in [-0.2, 0) is 17.7 Å². The summed E-state index contributed by atoms with van der Waals surface area (Å²) in [6.07, 6.45) is 3.97. The summed E-state index contributed by atoms with van der Waals surface area (Å²) in [5.74, 6) is -0.365. The van der Waals surface area contributed by atoms with Crippen LogP contribution in [0.2, 0.25) is 0 Å². The van der Waals surface area contributed by atoms with E-state index >= 15 is 0 Å². The summed E-state index contributed by atoms with van der Waals surface area (Å²) in [6, 6.07) is 10.6. The predicted octanol–water partition coefficient (Wildman–Crippen LogP) is 2.28. The van der Waals surface area contributed by atoms with Crippen LogP contribution in [0.5, 0.6) is 0 Å². The quantitative estimate of drug-likeness (QED) is 0.803. The molecule has 122 valence electrons. The topological polar surface area (TPSA) is 65.6 Å². The molecule has 0 amide bonds. The van der Waals surface area contributed by atoms with E-state index in [1.807, 2.05) is 12.3 Å². The molecule has 0 saturated heterocycles. The summed E-state index contributed by atoms with van der Waals surface area (Å²) in [5.41, 5.74) is 4.22. The van der Waals surface area contributed by atoms with Gasteiger partial charge in [0.05, 0.1) is 13.7 Å². The Morgan fingerprint density at radius 1 is 1.43 bits per heavy atom. The van der Waals surface area contributed by atoms with E-state index in [2.05, 4.69) is 34.1 Å². The Morgan fingerprint density at radius 2 is 2.26 bits per heavy atom. The number of aromatic amines is 1. The maximum atomic E-state index is 11.6. The van der Waals surface area contributed by atoms with E-state index in [-0.39, 0.29) is 12.6 Å². The number of hydrogen-bond acceptors (Lipinski definition) is 4. The van der Waals surface area contributed by atoms with Gasteiger partial charge in [-0.3, -0.25) is 4.90 Å². The fraction of sp³-hybridized carbons (Fsp3) is 0.389. The normalized spacial score (nSPS) is 16.6. The van der Waals surface area contributed by atoms with E-state index in [9.17, 15) is 9.90 Å². The molecule has 23 heavy (non-hydrogen) atoms. The Bertz CT molecular complexity index is 680. The molecule has 0 fully saturated rings. The minimum Gasteiger partial charge on any atom is -0.464 e. The van der Waals surface area contributed by atoms with Crippen molar-refractivity contribution in [3.8, 4) is 0 Å². The fourth-order valence-electron chi connectivity index (χ4n) is 3.38. The molecule has 0 aliphatic heterocycles. The highest BCUT2D eigenvalue weighted by molar-refractivity contribution is 5.87. The summed E-state index contributed by atoms with van der Waals surface area (Å²) < 4.78 is 4.72. The van der Waals surface area contributed by atoms with Gasteiger partial charge in [0.15, 0.2) is 0 Å². The van der Waals surface area contributed by atoms with E-state index in [0.717, 1.165) is 18.4 Å². The van der Waals surface area contributed by atoms with Crippen LogP contribution in [0.25, 0.3) is 0 Å². The van der Waals surface area contributed by atoms with E-state index in [4.69, 9.17) is 4.74 Å². The van der Waals surface area contributed by atoms with Crippen LogP contribution in [0, 0.1) is 0 Å². The standard InChI is InChI=1S/C18H22N2O3/c1-23-18(22)16-10-13(11-19-16)12-20(8-9-21)17-7-6-14-4-2-3-5-15(14)17/h2-5,10-11,17,19,21H,6-9,12H2,1H3. The van der Waals surface area contributed by atoms with E-state index < -0.39 is 0 Å². The highest BCUT2D eigenvalue weighted by atomic mass is 16.5. The number of aromatic nitrogens is 1. The molecule has 0 saturated carbocycles. The number of methoxy groups -OCH3 is 1. The number of hydrogen-bond donors (Lipinski definition) is 2. The first-order valence-electron chi connectivity index (χ1n) is 7.91. The molecule has 1 heterocycles. The van der Waals surface area contributed by atoms with Gasteiger partial charge in [-0.2, -0.15) is 0 Å². The molecule has 1 aliphatic carbocycles. The van der Waals surface area contributed by atoms with Gasteiger partial charge in [0.2, 0.25) is 0 Å². The summed E-state index contributed by atoms with van der Waals surface area (Å²) >= 11 is 0. The van der Waals surface area contributed by atoms with Crippen LogP contribution in [0.4, 0.5) is 0 Å². The van der Waals surface area contributed by atoms with Crippen molar-refractivity contribution >= 4 is 5.97 Å². The Balaban J connectivity index is 1.78. The molecule has 5 nitrogen and oxygen atoms in total. The van der Waals surface area contributed by atoms with Gasteiger partial charge in [-0.25, -0.2) is 4.79 Å². The second-order valence-electron chi connectivity index (χ2n) is 5.86. The molecule has 1 atom stereocenters. The second kappa shape index (κ2) is 6.98. The summed E-state index contributed by atoms with van der Waals surface area (Å²) in [6.45, 7) is 1.41. The van der Waals surface area contributed by atoms with Crippen molar-refractivity contribution in [3.63, 3.8) is 0 Å². The van der Waals surface area contributed by atoms with Gasteiger partial charge >= 0.3 is 5.97 Å². The van der Waals surface area contributed by atoms with Crippen LogP contribution in [0.3, 0.4) is 0 Å². The van der Waals surface area contributed by atoms with Crippen molar-refractivity contribution in [1.29, 1.82) is 0 Å². The number of fused-ring (bicyclic) bond motifs is 1. The number of nitrogens with zero attached hydrogens (tertiary/aromatic N) is 1. The average molecular weight is 314 g/mol. The zero-order valence-electron chi connectivity index (χ0n) is 13.3. The minimum absolute atomic E-state index is 0.118. The number of ether oxygens (including phenoxy) is 1. The summed E-state index contributed by atoms with van der Waals surface area (Å²) in [5, 5.41) is 9.43. The Morgan fingerprint density at radius 3 is 3.04 bits per heavy atom. The van der Waals surface area contributed by atoms with Gasteiger partial charge in [0, 0.05) is 25.3 Å². The largest absolute Gasteiger partial charge is 0.464 e. The van der Waals surface area contributed by atoms with Crippen molar-refractivity contribution in [3.05, 3.63) is 58.9 Å². The number of rotatable bonds is 6. The molecule has 2 aromatic rings. The molecular formula is C18H22N2O3. The molecule has 1 unspecified atom stereocenters. The number of H-pyrrole nitrogens is 1. The molecule has 2 N–H and O–H groups in total. The zero-order valence-corrected chi connectivity index (χ0v) is 13.3. The number of aryl methyl sites for hydroxylation is 1. The van der Waals surface area contributed by atoms with Gasteiger partial charge in [-0.1, -0.05) is 24.3 Å². The first kappa shape index (κ1) is 15.8. The number of carbonyl (C=O) groups is 1. The molecule has 5 heteroatoms. The van der Waals surface area contributed by atoms with E-state index in [1.54, 1.807) is 0 Å². The van der Waals surface area contributed by atoms with Crippen LogP contribution < -0.4 is 0 Å². The lowest BCUT2D eigenvalue weighted by Crippen LogP contribution is -2.29. The van der Waals surface area contributed by atoms with Crippen molar-refractivity contribution in [2.24, 2.45) is 0 Å². The fourth-order valence-corrected chi connectivity index (χ4v) is 3.38. The third-order valence-corrected chi connectivity index (χ3v) is 4.46. The molecule has 1 aromatic carbocycles. The highest BCUT2D eigenvalue weighted by Crippen LogP contribution is 2.36. The average Bonchev–Trinajstić information content (AvgIpc) is 3.20. The third kappa shape index (κ3) is 3.30. The Kier molecular flexibility index (Phi) is 4.79. The van der Waals surface area contributed by atoms with Gasteiger partial charge in [0.25, 0.3) is 0 Å². The van der Waals surface area contributed by atoms with Gasteiger partial charge < -0.3 is 14.8 Å². The van der Waals surface area contributed by atoms with Crippen LogP contribution in [0.1, 0.15) is 39.6 Å². The maximum absolute atomic E-state index is 11.6. The molecular weight excluding hydrogens is 292 g/mol. The number of nitrogens with one attached hydrogen (secondary N) is 1. The van der Waals surface area contributed by atoms with Crippen LogP contribution in [-0.4, -0.2) is 41.2 Å². The van der Waals surface area contributed by atoms with E-state index in [0.29, 0.717) is 24.8 Å². The first-order chi connectivity index (χ1) is 11.2. The summed E-state index contributed by atoms with van der Waals surface area (Å²) in [4.78, 5) is 16.8. The van der Waals surface area contributed by atoms with Crippen LogP contribution >= 0.6 is 0 Å². The van der Waals surface area contributed by atoms with Gasteiger partial charge in [-0.05, 0) is 35.6 Å². The third-order valence-electron chi connectivity index (χ3n) is 4.46. The molecule has 0 bridgehead atoms. The lowest BCUT2D eigenvalue weighted by molar-refractivity contribution is 0.0594. The SMILES string of the molecule is COC(=O)c1cc(CN(CCO)C2CCc3ccccc32)c[nH]1. The number of carbonyl (C=O) groups excluding carboxylic acids is 1. The van der Waals surface area contributed by atoms with Crippen LogP contribution in [0.15, 0.2) is 36.5 Å². The van der Waals surface area contributed by atoms with E-state index in [1.165, 1.54) is 18.2 Å². The number of aliphatic hydroxyl groups excluding tert-OH is 1. The highest BCUT2D eigenvalue weighted by Gasteiger charge is 2.27. The van der Waals surface area contributed by atoms with Gasteiger partial charge in [0.1, 0.15) is 5.69 Å². The van der Waals surface area contributed by atoms with Crippen molar-refractivity contribution in [2.75, 3.05) is 20.3 Å². The smallest absolute Gasteiger partial charge is 0.354 e. The summed E-state index contributed by atoms with van der Waals surface area (Å²) in [7, 11) is 1.37. The number of aliphatic hydroxyl groups is 1. The molecule has 1 aromatic heterocycles. The maximum Gasteiger partial charge on any atom is 0.354 e. The Hall–Kier alpha value is -2.11. The zero-order chi connectivity index (χ0) is 16.2. The predicted molar refractivity (Wildman–Crippen MR) is 87.1 cm³/mol. The lowest BCUT2D eigenvalue weighted by Gasteiger charge is -2.28. The Labute approximate surface area is 135 Å². The number of benzene rings is 1. The van der Waals surface area contributed by atoms with Crippen molar-refractivity contribution in [2.45, 2.75) is 25.4 Å². The molecule has 3 rings (SSSR count). The molecule has 0 radical (unpaired) electrons. The molecule has 1 aliphatic rings. The minimum atomic E-state index is -0.365. The first-order valence-corrected chi connectivity index (χ1v) is 7.91. The number of esters is 1. The molecule has 0 spiro atoms. The second-order valence-corrected chi connectivity index (χ2v) is 5.86. The van der Waals surface area contributed by atoms with Crippen molar-refractivity contribution in [1.82, 2.24) is 9.88 Å². The van der Waals surface area contributed by atoms with Gasteiger partial charge in [-0.15, -0.1) is 0 Å².